The van der Waals surface area contributed by atoms with Gasteiger partial charge in [-0.25, -0.2) is 13.4 Å². The van der Waals surface area contributed by atoms with Crippen LogP contribution in [0.1, 0.15) is 46.0 Å². The first kappa shape index (κ1) is 21.2. The van der Waals surface area contributed by atoms with Crippen LogP contribution in [0.4, 0.5) is 0 Å². The van der Waals surface area contributed by atoms with Crippen LogP contribution in [0, 0.1) is 0 Å². The van der Waals surface area contributed by atoms with Gasteiger partial charge in [0.15, 0.2) is 15.0 Å². The average molecular weight is 424 g/mol. The molecule has 1 N–H and O–H groups in total. The lowest BCUT2D eigenvalue weighted by atomic mass is 10.2. The third-order valence-electron chi connectivity index (χ3n) is 5.09. The third kappa shape index (κ3) is 5.29. The number of imidazole rings is 1. The number of unbranched alkanes of at least 4 members (excludes halogenated alkanes) is 3. The largest absolute Gasteiger partial charge is 0.351 e. The number of amides is 1. The van der Waals surface area contributed by atoms with Crippen LogP contribution in [-0.2, 0) is 21.2 Å². The summed E-state index contributed by atoms with van der Waals surface area (Å²) in [7, 11) is -3.00. The smallest absolute Gasteiger partial charge is 0.233 e. The maximum atomic E-state index is 12.6. The Morgan fingerprint density at radius 2 is 2.11 bits per heavy atom. The number of hydrogen-bond donors (Lipinski definition) is 1. The Kier molecular flexibility index (Phi) is 7.04. The molecule has 28 heavy (non-hydrogen) atoms. The van der Waals surface area contributed by atoms with E-state index in [2.05, 4.69) is 22.9 Å². The maximum absolute atomic E-state index is 12.6. The van der Waals surface area contributed by atoms with E-state index >= 15 is 0 Å². The average Bonchev–Trinajstić information content (AvgIpc) is 3.18. The zero-order valence-corrected chi connectivity index (χ0v) is 18.2. The first-order chi connectivity index (χ1) is 13.4. The van der Waals surface area contributed by atoms with Crippen molar-refractivity contribution < 1.29 is 13.2 Å². The van der Waals surface area contributed by atoms with Gasteiger partial charge in [0.25, 0.3) is 0 Å². The van der Waals surface area contributed by atoms with Gasteiger partial charge < -0.3 is 9.88 Å². The van der Waals surface area contributed by atoms with E-state index in [4.69, 9.17) is 4.98 Å². The molecule has 8 heteroatoms. The van der Waals surface area contributed by atoms with Gasteiger partial charge in [-0.15, -0.1) is 0 Å². The highest BCUT2D eigenvalue weighted by Gasteiger charge is 2.30. The van der Waals surface area contributed by atoms with Gasteiger partial charge >= 0.3 is 0 Å². The molecule has 2 aromatic rings. The van der Waals surface area contributed by atoms with Gasteiger partial charge in [-0.2, -0.15) is 0 Å². The molecule has 0 spiro atoms. The Morgan fingerprint density at radius 3 is 2.82 bits per heavy atom. The molecular formula is C20H29N3O3S2. The molecule has 1 aliphatic rings. The molecule has 0 bridgehead atoms. The maximum Gasteiger partial charge on any atom is 0.233 e. The zero-order chi connectivity index (χ0) is 20.1. The fourth-order valence-electron chi connectivity index (χ4n) is 3.50. The number of fused-ring (bicyclic) bond motifs is 1. The van der Waals surface area contributed by atoms with E-state index in [0.29, 0.717) is 6.42 Å². The Labute approximate surface area is 171 Å². The Bertz CT molecular complexity index is 924. The standard InChI is InChI=1S/C20H29N3O3S2/c1-3-4-5-8-12-23-18-10-7-6-9-17(18)22-20(23)27-15(2)19(24)21-16-11-13-28(25,26)14-16/h6-7,9-10,15-16H,3-5,8,11-14H2,1-2H3,(H,21,24). The summed E-state index contributed by atoms with van der Waals surface area (Å²) in [5, 5.41) is 3.40. The Hall–Kier alpha value is -1.54. The number of para-hydroxylation sites is 2. The summed E-state index contributed by atoms with van der Waals surface area (Å²) in [5.41, 5.74) is 2.03. The van der Waals surface area contributed by atoms with Gasteiger partial charge in [-0.3, -0.25) is 4.79 Å². The van der Waals surface area contributed by atoms with Crippen molar-refractivity contribution in [2.45, 2.75) is 68.9 Å². The van der Waals surface area contributed by atoms with Crippen LogP contribution in [0.5, 0.6) is 0 Å². The molecule has 2 heterocycles. The highest BCUT2D eigenvalue weighted by molar-refractivity contribution is 8.00. The molecule has 3 rings (SSSR count). The molecule has 6 nitrogen and oxygen atoms in total. The molecule has 2 unspecified atom stereocenters. The highest BCUT2D eigenvalue weighted by atomic mass is 32.2. The summed E-state index contributed by atoms with van der Waals surface area (Å²) in [6.07, 6.45) is 5.18. The molecule has 0 radical (unpaired) electrons. The van der Waals surface area contributed by atoms with Crippen LogP contribution in [0.25, 0.3) is 11.0 Å². The van der Waals surface area contributed by atoms with Crippen molar-refractivity contribution in [2.75, 3.05) is 11.5 Å². The number of nitrogens with one attached hydrogen (secondary N) is 1. The van der Waals surface area contributed by atoms with Gasteiger partial charge in [0.05, 0.1) is 27.8 Å². The fourth-order valence-corrected chi connectivity index (χ4v) is 6.13. The highest BCUT2D eigenvalue weighted by Crippen LogP contribution is 2.28. The minimum absolute atomic E-state index is 0.0477. The first-order valence-electron chi connectivity index (χ1n) is 10.0. The van der Waals surface area contributed by atoms with E-state index in [1.54, 1.807) is 0 Å². The summed E-state index contributed by atoms with van der Waals surface area (Å²) in [6, 6.07) is 7.78. The van der Waals surface area contributed by atoms with Crippen molar-refractivity contribution in [3.63, 3.8) is 0 Å². The van der Waals surface area contributed by atoms with E-state index in [1.165, 1.54) is 31.0 Å². The van der Waals surface area contributed by atoms with E-state index in [-0.39, 0.29) is 28.7 Å². The SMILES string of the molecule is CCCCCCn1c(SC(C)C(=O)NC2CCS(=O)(=O)C2)nc2ccccc21. The molecule has 0 aliphatic carbocycles. The van der Waals surface area contributed by atoms with Crippen molar-refractivity contribution >= 4 is 38.5 Å². The lowest BCUT2D eigenvalue weighted by Crippen LogP contribution is -2.40. The van der Waals surface area contributed by atoms with Crippen LogP contribution in [0.15, 0.2) is 29.4 Å². The number of carbonyl (C=O) groups is 1. The monoisotopic (exact) mass is 423 g/mol. The number of sulfone groups is 1. The zero-order valence-electron chi connectivity index (χ0n) is 16.6. The summed E-state index contributed by atoms with van der Waals surface area (Å²) in [5.74, 6) is 0.0794. The molecule has 1 aliphatic heterocycles. The second-order valence-corrected chi connectivity index (χ2v) is 11.0. The molecule has 154 valence electrons. The molecule has 1 fully saturated rings. The molecule has 1 amide bonds. The van der Waals surface area contributed by atoms with Crippen molar-refractivity contribution in [1.82, 2.24) is 14.9 Å². The second-order valence-electron chi connectivity index (χ2n) is 7.46. The predicted molar refractivity (Wildman–Crippen MR) is 114 cm³/mol. The normalized spacial score (nSPS) is 19.7. The van der Waals surface area contributed by atoms with Gasteiger partial charge in [-0.05, 0) is 31.9 Å². The number of rotatable bonds is 9. The van der Waals surface area contributed by atoms with Crippen LogP contribution in [0.2, 0.25) is 0 Å². The lowest BCUT2D eigenvalue weighted by Gasteiger charge is -2.16. The van der Waals surface area contributed by atoms with Crippen molar-refractivity contribution in [3.05, 3.63) is 24.3 Å². The minimum Gasteiger partial charge on any atom is -0.351 e. The minimum atomic E-state index is -3.00. The van der Waals surface area contributed by atoms with Crippen LogP contribution in [0.3, 0.4) is 0 Å². The third-order valence-corrected chi connectivity index (χ3v) is 7.94. The summed E-state index contributed by atoms with van der Waals surface area (Å²) in [6.45, 7) is 4.94. The number of benzene rings is 1. The van der Waals surface area contributed by atoms with Crippen molar-refractivity contribution in [1.29, 1.82) is 0 Å². The summed E-state index contributed by atoms with van der Waals surface area (Å²) in [4.78, 5) is 17.3. The number of aromatic nitrogens is 2. The number of nitrogens with zero attached hydrogens (tertiary/aromatic N) is 2. The van der Waals surface area contributed by atoms with Crippen LogP contribution >= 0.6 is 11.8 Å². The fraction of sp³-hybridized carbons (Fsp3) is 0.600. The van der Waals surface area contributed by atoms with E-state index in [0.717, 1.165) is 29.2 Å². The Morgan fingerprint density at radius 1 is 1.32 bits per heavy atom. The van der Waals surface area contributed by atoms with Gasteiger partial charge in [0, 0.05) is 12.6 Å². The van der Waals surface area contributed by atoms with E-state index < -0.39 is 9.84 Å². The molecule has 1 aromatic carbocycles. The second kappa shape index (κ2) is 9.31. The topological polar surface area (TPSA) is 81.1 Å². The Balaban J connectivity index is 1.68. The molecule has 2 atom stereocenters. The first-order valence-corrected chi connectivity index (χ1v) is 12.7. The number of hydrogen-bond acceptors (Lipinski definition) is 5. The van der Waals surface area contributed by atoms with Crippen LogP contribution < -0.4 is 5.32 Å². The molecule has 0 saturated carbocycles. The lowest BCUT2D eigenvalue weighted by molar-refractivity contribution is -0.120. The van der Waals surface area contributed by atoms with Gasteiger partial charge in [0.2, 0.25) is 5.91 Å². The summed E-state index contributed by atoms with van der Waals surface area (Å²) >= 11 is 1.44. The van der Waals surface area contributed by atoms with Gasteiger partial charge in [-0.1, -0.05) is 50.1 Å². The summed E-state index contributed by atoms with van der Waals surface area (Å²) < 4.78 is 25.4. The van der Waals surface area contributed by atoms with Gasteiger partial charge in [0.1, 0.15) is 0 Å². The molecular weight excluding hydrogens is 394 g/mol. The number of thioether (sulfide) groups is 1. The van der Waals surface area contributed by atoms with Crippen molar-refractivity contribution in [3.8, 4) is 0 Å². The molecule has 1 aromatic heterocycles. The van der Waals surface area contributed by atoms with E-state index in [1.807, 2.05) is 25.1 Å². The van der Waals surface area contributed by atoms with Crippen LogP contribution in [-0.4, -0.2) is 46.7 Å². The van der Waals surface area contributed by atoms with Crippen molar-refractivity contribution in [2.24, 2.45) is 0 Å². The number of carbonyl (C=O) groups excluding carboxylic acids is 1. The molecule has 1 saturated heterocycles. The number of aryl methyl sites for hydroxylation is 1. The van der Waals surface area contributed by atoms with E-state index in [9.17, 15) is 13.2 Å². The quantitative estimate of drug-likeness (QED) is 0.494. The predicted octanol–water partition coefficient (Wildman–Crippen LogP) is 3.40.